The maximum Gasteiger partial charge on any atom is 0.509 e. The van der Waals surface area contributed by atoms with Crippen molar-refractivity contribution in [1.29, 1.82) is 0 Å². The van der Waals surface area contributed by atoms with Crippen LogP contribution >= 0.6 is 0 Å². The third-order valence-corrected chi connectivity index (χ3v) is 5.60. The predicted octanol–water partition coefficient (Wildman–Crippen LogP) is 2.63. The van der Waals surface area contributed by atoms with Crippen LogP contribution in [-0.2, 0) is 18.9 Å². The summed E-state index contributed by atoms with van der Waals surface area (Å²) in [7, 11) is 2.88. The molecule has 2 aliphatic rings. The molecule has 1 aromatic heterocycles. The van der Waals surface area contributed by atoms with Gasteiger partial charge in [0.1, 0.15) is 28.9 Å². The van der Waals surface area contributed by atoms with Gasteiger partial charge in [0.25, 0.3) is 0 Å². The molecule has 4 atom stereocenters. The molecule has 0 aliphatic carbocycles. The number of hydrogen-bond donors (Lipinski definition) is 2. The van der Waals surface area contributed by atoms with Crippen molar-refractivity contribution in [3.05, 3.63) is 28.1 Å². The van der Waals surface area contributed by atoms with Gasteiger partial charge in [0, 0.05) is 18.7 Å². The van der Waals surface area contributed by atoms with Gasteiger partial charge >= 0.3 is 17.9 Å². The van der Waals surface area contributed by atoms with E-state index in [-0.39, 0.29) is 22.8 Å². The summed E-state index contributed by atoms with van der Waals surface area (Å²) in [5.41, 5.74) is -1.49. The Kier molecular flexibility index (Phi) is 5.58. The molecule has 2 aliphatic heterocycles. The fourth-order valence-electron chi connectivity index (χ4n) is 4.14. The number of amides is 1. The van der Waals surface area contributed by atoms with Gasteiger partial charge in [-0.1, -0.05) is 0 Å². The van der Waals surface area contributed by atoms with E-state index in [1.54, 1.807) is 20.8 Å². The Morgan fingerprint density at radius 2 is 1.82 bits per heavy atom. The number of benzene rings is 1. The van der Waals surface area contributed by atoms with Crippen molar-refractivity contribution < 1.29 is 47.5 Å². The average molecular weight is 465 g/mol. The van der Waals surface area contributed by atoms with Gasteiger partial charge < -0.3 is 37.9 Å². The number of rotatable bonds is 5. The minimum absolute atomic E-state index is 0.131. The van der Waals surface area contributed by atoms with E-state index in [1.807, 2.05) is 5.32 Å². The summed E-state index contributed by atoms with van der Waals surface area (Å²) in [4.78, 5) is 35.1. The van der Waals surface area contributed by atoms with E-state index in [4.69, 9.17) is 37.9 Å². The van der Waals surface area contributed by atoms with Crippen molar-refractivity contribution in [3.8, 4) is 11.5 Å². The second-order valence-electron chi connectivity index (χ2n) is 8.10. The molecule has 178 valence electrons. The summed E-state index contributed by atoms with van der Waals surface area (Å²) in [5.74, 6) is 0.489. The molecule has 3 heterocycles. The Morgan fingerprint density at radius 1 is 1.12 bits per heavy atom. The van der Waals surface area contributed by atoms with E-state index in [1.165, 1.54) is 26.4 Å². The van der Waals surface area contributed by atoms with Gasteiger partial charge in [-0.25, -0.2) is 14.4 Å². The van der Waals surface area contributed by atoms with Crippen LogP contribution in [0.15, 0.2) is 21.3 Å². The molecule has 0 bridgehead atoms. The van der Waals surface area contributed by atoms with Gasteiger partial charge in [-0.3, -0.25) is 5.32 Å². The van der Waals surface area contributed by atoms with Crippen molar-refractivity contribution in [2.24, 2.45) is 0 Å². The number of ether oxygens (including phenoxy) is 6. The third kappa shape index (κ3) is 3.91. The standard InChI is InChI=1S/C21H23NO11/c1-8-11(7-12(27-4)9-6-10(22-19(24)25)17(23)30-13(8)9)29-18-15-14(31-20(26)32-15)16(28-5)21(2,3)33-18/h6-7,14-16,18,22H,1-5H3,(H,24,25)/t14-,15+,16+,18+/m0/s1. The molecule has 0 unspecified atom stereocenters. The quantitative estimate of drug-likeness (QED) is 0.495. The minimum atomic E-state index is -1.41. The third-order valence-electron chi connectivity index (χ3n) is 5.60. The van der Waals surface area contributed by atoms with Gasteiger partial charge in [-0.2, -0.15) is 0 Å². The van der Waals surface area contributed by atoms with Gasteiger partial charge in [0.15, 0.2) is 6.10 Å². The first-order valence-electron chi connectivity index (χ1n) is 9.95. The van der Waals surface area contributed by atoms with E-state index in [0.29, 0.717) is 10.9 Å². The molecule has 4 rings (SSSR count). The molecule has 12 nitrogen and oxygen atoms in total. The topological polar surface area (TPSA) is 152 Å². The maximum absolute atomic E-state index is 12.3. The Labute approximate surface area is 187 Å². The van der Waals surface area contributed by atoms with Crippen molar-refractivity contribution in [3.63, 3.8) is 0 Å². The Balaban J connectivity index is 1.75. The highest BCUT2D eigenvalue weighted by molar-refractivity contribution is 5.92. The number of hydrogen-bond acceptors (Lipinski definition) is 10. The molecule has 0 radical (unpaired) electrons. The van der Waals surface area contributed by atoms with Crippen LogP contribution in [0.4, 0.5) is 15.3 Å². The molecule has 2 N–H and O–H groups in total. The average Bonchev–Trinajstić information content (AvgIpc) is 3.11. The van der Waals surface area contributed by atoms with Crippen LogP contribution in [0.25, 0.3) is 11.0 Å². The fourth-order valence-corrected chi connectivity index (χ4v) is 4.14. The lowest BCUT2D eigenvalue weighted by atomic mass is 9.89. The van der Waals surface area contributed by atoms with Crippen molar-refractivity contribution in [2.45, 2.75) is 51.0 Å². The van der Waals surface area contributed by atoms with Crippen molar-refractivity contribution in [2.75, 3.05) is 19.5 Å². The molecular weight excluding hydrogens is 442 g/mol. The summed E-state index contributed by atoms with van der Waals surface area (Å²) < 4.78 is 38.9. The Bertz CT molecular complexity index is 1170. The van der Waals surface area contributed by atoms with Crippen molar-refractivity contribution >= 4 is 28.9 Å². The number of aryl methyl sites for hydroxylation is 1. The smallest absolute Gasteiger partial charge is 0.496 e. The highest BCUT2D eigenvalue weighted by atomic mass is 16.8. The lowest BCUT2D eigenvalue weighted by Gasteiger charge is -2.45. The number of carbonyl (C=O) groups is 2. The van der Waals surface area contributed by atoms with Crippen LogP contribution in [0.5, 0.6) is 11.5 Å². The van der Waals surface area contributed by atoms with E-state index in [9.17, 15) is 14.4 Å². The lowest BCUT2D eigenvalue weighted by molar-refractivity contribution is -0.282. The first-order valence-corrected chi connectivity index (χ1v) is 9.95. The second-order valence-corrected chi connectivity index (χ2v) is 8.10. The number of carbonyl (C=O) groups excluding carboxylic acids is 1. The number of nitrogens with one attached hydrogen (secondary N) is 1. The summed E-state index contributed by atoms with van der Waals surface area (Å²) in [5, 5.41) is 11.3. The monoisotopic (exact) mass is 465 g/mol. The number of fused-ring (bicyclic) bond motifs is 2. The van der Waals surface area contributed by atoms with Crippen molar-refractivity contribution in [1.82, 2.24) is 0 Å². The lowest BCUT2D eigenvalue weighted by Crippen LogP contribution is -2.62. The highest BCUT2D eigenvalue weighted by Gasteiger charge is 2.59. The molecule has 12 heteroatoms. The molecule has 2 fully saturated rings. The molecule has 1 aromatic carbocycles. The fraction of sp³-hybridized carbons (Fsp3) is 0.476. The predicted molar refractivity (Wildman–Crippen MR) is 111 cm³/mol. The zero-order valence-corrected chi connectivity index (χ0v) is 18.5. The minimum Gasteiger partial charge on any atom is -0.496 e. The zero-order valence-electron chi connectivity index (χ0n) is 18.5. The van der Waals surface area contributed by atoms with Crippen LogP contribution in [0.1, 0.15) is 19.4 Å². The van der Waals surface area contributed by atoms with Crippen LogP contribution in [0.3, 0.4) is 0 Å². The van der Waals surface area contributed by atoms with Crippen LogP contribution in [0, 0.1) is 6.92 Å². The summed E-state index contributed by atoms with van der Waals surface area (Å²) >= 11 is 0. The van der Waals surface area contributed by atoms with Crippen LogP contribution in [0.2, 0.25) is 0 Å². The summed E-state index contributed by atoms with van der Waals surface area (Å²) in [6.07, 6.45) is -5.61. The molecule has 1 amide bonds. The summed E-state index contributed by atoms with van der Waals surface area (Å²) in [6, 6.07) is 2.85. The molecular formula is C21H23NO11. The van der Waals surface area contributed by atoms with Crippen LogP contribution < -0.4 is 20.4 Å². The van der Waals surface area contributed by atoms with E-state index < -0.39 is 48.1 Å². The van der Waals surface area contributed by atoms with E-state index in [0.717, 1.165) is 0 Å². The van der Waals surface area contributed by atoms with Gasteiger partial charge in [0.2, 0.25) is 12.4 Å². The zero-order chi connectivity index (χ0) is 24.1. The number of anilines is 1. The first-order chi connectivity index (χ1) is 15.6. The van der Waals surface area contributed by atoms with Crippen LogP contribution in [-0.4, -0.2) is 61.8 Å². The number of methoxy groups -OCH3 is 2. The number of carboxylic acid groups (broad SMARTS) is 1. The van der Waals surface area contributed by atoms with Gasteiger partial charge in [0.05, 0.1) is 18.1 Å². The largest absolute Gasteiger partial charge is 0.509 e. The maximum atomic E-state index is 12.3. The summed E-state index contributed by atoms with van der Waals surface area (Å²) in [6.45, 7) is 5.18. The van der Waals surface area contributed by atoms with Gasteiger partial charge in [-0.15, -0.1) is 0 Å². The first kappa shape index (κ1) is 22.7. The van der Waals surface area contributed by atoms with E-state index >= 15 is 0 Å². The van der Waals surface area contributed by atoms with E-state index in [2.05, 4.69) is 0 Å². The van der Waals surface area contributed by atoms with Gasteiger partial charge in [-0.05, 0) is 26.8 Å². The molecule has 33 heavy (non-hydrogen) atoms. The SMILES string of the molecule is COc1cc(O[C@@H]2OC(C)(C)[C@H](OC)[C@H]3OC(=O)O[C@@H]23)c(C)c2oc(=O)c(NC(=O)O)cc12. The second kappa shape index (κ2) is 8.12. The normalized spacial score (nSPS) is 25.7. The molecule has 2 aromatic rings. The Morgan fingerprint density at radius 3 is 2.45 bits per heavy atom. The molecule has 0 saturated carbocycles. The highest BCUT2D eigenvalue weighted by Crippen LogP contribution is 2.41. The molecule has 2 saturated heterocycles. The molecule has 0 spiro atoms. The Hall–Kier alpha value is -3.51.